The molecule has 1 N–H and O–H groups in total. The van der Waals surface area contributed by atoms with Gasteiger partial charge in [0.05, 0.1) is 37.7 Å². The highest BCUT2D eigenvalue weighted by Crippen LogP contribution is 2.36. The summed E-state index contributed by atoms with van der Waals surface area (Å²) in [6.07, 6.45) is 5.25. The van der Waals surface area contributed by atoms with Crippen molar-refractivity contribution in [1.82, 2.24) is 14.7 Å². The van der Waals surface area contributed by atoms with Crippen LogP contribution in [0.4, 0.5) is 8.78 Å². The molecule has 1 aromatic heterocycles. The number of aliphatic hydroxyl groups is 1. The Balaban J connectivity index is 1.44. The summed E-state index contributed by atoms with van der Waals surface area (Å²) >= 11 is 0. The van der Waals surface area contributed by atoms with E-state index in [0.717, 1.165) is 44.3 Å². The maximum atomic E-state index is 12.8. The number of morpholine rings is 1. The van der Waals surface area contributed by atoms with E-state index in [0.29, 0.717) is 37.7 Å². The second-order valence-electron chi connectivity index (χ2n) is 8.05. The van der Waals surface area contributed by atoms with Crippen molar-refractivity contribution in [3.8, 4) is 22.8 Å². The number of ether oxygens (including phenoxy) is 3. The predicted octanol–water partition coefficient (Wildman–Crippen LogP) is 3.17. The largest absolute Gasteiger partial charge is 0.487 e. The highest BCUT2D eigenvalue weighted by atomic mass is 19.3. The van der Waals surface area contributed by atoms with Crippen LogP contribution >= 0.6 is 0 Å². The number of halogens is 2. The molecule has 1 saturated carbocycles. The van der Waals surface area contributed by atoms with Gasteiger partial charge in [-0.1, -0.05) is 0 Å². The molecule has 4 rings (SSSR count). The number of β-amino-alcohol motifs (C(OH)–C–C–N with tert-alkyl or cyclic N) is 1. The summed E-state index contributed by atoms with van der Waals surface area (Å²) in [7, 11) is 0. The Morgan fingerprint density at radius 3 is 2.61 bits per heavy atom. The fourth-order valence-electron chi connectivity index (χ4n) is 4.11. The highest BCUT2D eigenvalue weighted by Gasteiger charge is 2.21. The van der Waals surface area contributed by atoms with Crippen LogP contribution < -0.4 is 9.47 Å². The second-order valence-corrected chi connectivity index (χ2v) is 8.05. The Hall–Kier alpha value is -2.23. The van der Waals surface area contributed by atoms with Crippen molar-refractivity contribution in [2.45, 2.75) is 51.0 Å². The topological polar surface area (TPSA) is 69.0 Å². The SMILES string of the molecule is O[C@@H](CN1CCOCC1)Cn1ccc(-c2ccc(OC(F)F)c(OC3CCCC3)c2)n1. The number of hydrogen-bond acceptors (Lipinski definition) is 6. The van der Waals surface area contributed by atoms with E-state index in [2.05, 4.69) is 14.7 Å². The molecule has 0 spiro atoms. The summed E-state index contributed by atoms with van der Waals surface area (Å²) in [6.45, 7) is 1.04. The first kappa shape index (κ1) is 22.0. The van der Waals surface area contributed by atoms with Crippen molar-refractivity contribution in [2.24, 2.45) is 0 Å². The summed E-state index contributed by atoms with van der Waals surface area (Å²) in [5.41, 5.74) is 1.43. The van der Waals surface area contributed by atoms with Crippen LogP contribution in [0.3, 0.4) is 0 Å². The van der Waals surface area contributed by atoms with Crippen molar-refractivity contribution in [3.63, 3.8) is 0 Å². The van der Waals surface area contributed by atoms with Crippen LogP contribution in [0.25, 0.3) is 11.3 Å². The molecular formula is C22H29F2N3O4. The summed E-state index contributed by atoms with van der Waals surface area (Å²) in [5.74, 6) is 0.345. The first-order valence-corrected chi connectivity index (χ1v) is 10.8. The van der Waals surface area contributed by atoms with Gasteiger partial charge in [-0.05, 0) is 49.9 Å². The van der Waals surface area contributed by atoms with Crippen LogP contribution in [0.15, 0.2) is 30.5 Å². The molecule has 0 amide bonds. The van der Waals surface area contributed by atoms with Gasteiger partial charge in [0.15, 0.2) is 11.5 Å². The summed E-state index contributed by atoms with van der Waals surface area (Å²) < 4.78 is 43.3. The third-order valence-corrected chi connectivity index (χ3v) is 5.66. The molecule has 9 heteroatoms. The van der Waals surface area contributed by atoms with Gasteiger partial charge < -0.3 is 19.3 Å². The van der Waals surface area contributed by atoms with E-state index in [1.54, 1.807) is 23.0 Å². The molecule has 1 aliphatic carbocycles. The Labute approximate surface area is 180 Å². The zero-order valence-corrected chi connectivity index (χ0v) is 17.5. The number of aliphatic hydroxyl groups excluding tert-OH is 1. The molecule has 1 atom stereocenters. The van der Waals surface area contributed by atoms with Crippen molar-refractivity contribution in [1.29, 1.82) is 0 Å². The number of aromatic nitrogens is 2. The molecule has 1 saturated heterocycles. The average molecular weight is 437 g/mol. The molecule has 1 aromatic carbocycles. The number of nitrogens with zero attached hydrogens (tertiary/aromatic N) is 3. The summed E-state index contributed by atoms with van der Waals surface area (Å²) in [5, 5.41) is 15.0. The summed E-state index contributed by atoms with van der Waals surface area (Å²) in [6, 6.07) is 6.73. The number of rotatable bonds is 9. The van der Waals surface area contributed by atoms with Gasteiger partial charge in [0.25, 0.3) is 0 Å². The van der Waals surface area contributed by atoms with Gasteiger partial charge in [0.2, 0.25) is 0 Å². The van der Waals surface area contributed by atoms with E-state index in [1.807, 2.05) is 6.07 Å². The van der Waals surface area contributed by atoms with Gasteiger partial charge in [-0.25, -0.2) is 0 Å². The minimum absolute atomic E-state index is 0.0168. The predicted molar refractivity (Wildman–Crippen MR) is 110 cm³/mol. The lowest BCUT2D eigenvalue weighted by atomic mass is 10.1. The molecule has 0 bridgehead atoms. The standard InChI is InChI=1S/C22H29F2N3O4/c23-22(24)31-20-6-5-16(13-21(20)30-18-3-1-2-4-18)19-7-8-27(25-19)15-17(28)14-26-9-11-29-12-10-26/h5-8,13,17-18,22,28H,1-4,9-12,14-15H2/t17-/m0/s1. The Bertz CT molecular complexity index is 836. The van der Waals surface area contributed by atoms with Crippen LogP contribution in [-0.4, -0.2) is 71.5 Å². The minimum atomic E-state index is -2.91. The normalized spacial score (nSPS) is 19.1. The molecule has 1 aliphatic heterocycles. The van der Waals surface area contributed by atoms with Gasteiger partial charge in [-0.2, -0.15) is 13.9 Å². The van der Waals surface area contributed by atoms with E-state index < -0.39 is 12.7 Å². The van der Waals surface area contributed by atoms with Crippen molar-refractivity contribution >= 4 is 0 Å². The average Bonchev–Trinajstić information content (AvgIpc) is 3.42. The quantitative estimate of drug-likeness (QED) is 0.650. The molecule has 2 aromatic rings. The van der Waals surface area contributed by atoms with E-state index >= 15 is 0 Å². The Morgan fingerprint density at radius 2 is 1.87 bits per heavy atom. The minimum Gasteiger partial charge on any atom is -0.487 e. The third-order valence-electron chi connectivity index (χ3n) is 5.66. The molecule has 0 radical (unpaired) electrons. The van der Waals surface area contributed by atoms with Crippen LogP contribution in [0.1, 0.15) is 25.7 Å². The molecule has 2 heterocycles. The molecule has 7 nitrogen and oxygen atoms in total. The van der Waals surface area contributed by atoms with Gasteiger partial charge in [0, 0.05) is 31.4 Å². The zero-order valence-electron chi connectivity index (χ0n) is 17.5. The lowest BCUT2D eigenvalue weighted by Gasteiger charge is -2.28. The number of benzene rings is 1. The Kier molecular flexibility index (Phi) is 7.37. The molecule has 0 unspecified atom stereocenters. The van der Waals surface area contributed by atoms with E-state index in [-0.39, 0.29) is 11.9 Å². The zero-order chi connectivity index (χ0) is 21.6. The second kappa shape index (κ2) is 10.4. The maximum Gasteiger partial charge on any atom is 0.387 e. The number of alkyl halides is 2. The first-order valence-electron chi connectivity index (χ1n) is 10.8. The third kappa shape index (κ3) is 6.15. The molecule has 2 fully saturated rings. The van der Waals surface area contributed by atoms with Gasteiger partial charge >= 0.3 is 6.61 Å². The first-order chi connectivity index (χ1) is 15.1. The van der Waals surface area contributed by atoms with Crippen LogP contribution in [0, 0.1) is 0 Å². The van der Waals surface area contributed by atoms with Crippen molar-refractivity contribution in [2.75, 3.05) is 32.8 Å². The van der Waals surface area contributed by atoms with Crippen LogP contribution in [0.5, 0.6) is 11.5 Å². The van der Waals surface area contributed by atoms with Gasteiger partial charge in [-0.15, -0.1) is 0 Å². The lowest BCUT2D eigenvalue weighted by molar-refractivity contribution is -0.0520. The van der Waals surface area contributed by atoms with E-state index in [1.165, 1.54) is 6.07 Å². The molecule has 31 heavy (non-hydrogen) atoms. The van der Waals surface area contributed by atoms with E-state index in [9.17, 15) is 13.9 Å². The monoisotopic (exact) mass is 437 g/mol. The molecule has 2 aliphatic rings. The Morgan fingerprint density at radius 1 is 1.10 bits per heavy atom. The summed E-state index contributed by atoms with van der Waals surface area (Å²) in [4.78, 5) is 2.17. The van der Waals surface area contributed by atoms with Crippen LogP contribution in [-0.2, 0) is 11.3 Å². The van der Waals surface area contributed by atoms with E-state index in [4.69, 9.17) is 9.47 Å². The fraction of sp³-hybridized carbons (Fsp3) is 0.591. The lowest BCUT2D eigenvalue weighted by Crippen LogP contribution is -2.42. The van der Waals surface area contributed by atoms with Crippen molar-refractivity contribution in [3.05, 3.63) is 30.5 Å². The number of hydrogen-bond donors (Lipinski definition) is 1. The van der Waals surface area contributed by atoms with Crippen LogP contribution in [0.2, 0.25) is 0 Å². The van der Waals surface area contributed by atoms with Gasteiger partial charge in [0.1, 0.15) is 0 Å². The molecular weight excluding hydrogens is 408 g/mol. The fourth-order valence-corrected chi connectivity index (χ4v) is 4.11. The maximum absolute atomic E-state index is 12.8. The highest BCUT2D eigenvalue weighted by molar-refractivity contribution is 5.63. The van der Waals surface area contributed by atoms with Crippen molar-refractivity contribution < 1.29 is 28.1 Å². The smallest absolute Gasteiger partial charge is 0.387 e. The van der Waals surface area contributed by atoms with Gasteiger partial charge in [-0.3, -0.25) is 9.58 Å². The molecule has 170 valence electrons.